The topological polar surface area (TPSA) is 52.6 Å². The molecule has 0 bridgehead atoms. The molecule has 106 valence electrons. The van der Waals surface area contributed by atoms with E-state index in [0.717, 1.165) is 45.2 Å². The van der Waals surface area contributed by atoms with Gasteiger partial charge in [0.25, 0.3) is 0 Å². The minimum absolute atomic E-state index is 0.0678. The summed E-state index contributed by atoms with van der Waals surface area (Å²) >= 11 is 0. The van der Waals surface area contributed by atoms with Crippen LogP contribution in [0.5, 0.6) is 0 Å². The zero-order valence-electron chi connectivity index (χ0n) is 11.8. The molecule has 0 spiro atoms. The summed E-state index contributed by atoms with van der Waals surface area (Å²) < 4.78 is 0. The third-order valence-corrected chi connectivity index (χ3v) is 3.69. The Kier molecular flexibility index (Phi) is 7.28. The molecule has 0 radical (unpaired) electrons. The predicted molar refractivity (Wildman–Crippen MR) is 73.4 cm³/mol. The Morgan fingerprint density at radius 3 is 2.78 bits per heavy atom. The summed E-state index contributed by atoms with van der Waals surface area (Å²) in [5.74, 6) is 0.392. The number of nitrogens with one attached hydrogen (secondary N) is 1. The molecule has 1 amide bonds. The van der Waals surface area contributed by atoms with E-state index in [9.17, 15) is 4.79 Å². The fourth-order valence-electron chi connectivity index (χ4n) is 2.62. The summed E-state index contributed by atoms with van der Waals surface area (Å²) in [5, 5.41) is 12.5. The van der Waals surface area contributed by atoms with Gasteiger partial charge in [-0.15, -0.1) is 0 Å². The molecule has 2 N–H and O–H groups in total. The molecule has 4 nitrogen and oxygen atoms in total. The molecule has 0 aromatic rings. The van der Waals surface area contributed by atoms with E-state index in [2.05, 4.69) is 19.2 Å². The van der Waals surface area contributed by atoms with Crippen molar-refractivity contribution >= 4 is 5.91 Å². The van der Waals surface area contributed by atoms with Gasteiger partial charge in [0.05, 0.1) is 6.61 Å². The highest BCUT2D eigenvalue weighted by molar-refractivity contribution is 5.79. The minimum atomic E-state index is 0.0678. The van der Waals surface area contributed by atoms with Gasteiger partial charge in [-0.1, -0.05) is 19.8 Å². The Balaban J connectivity index is 2.46. The quantitative estimate of drug-likeness (QED) is 0.677. The van der Waals surface area contributed by atoms with E-state index >= 15 is 0 Å². The lowest BCUT2D eigenvalue weighted by Crippen LogP contribution is -2.45. The molecule has 0 saturated carbocycles. The second kappa shape index (κ2) is 8.48. The molecule has 2 atom stereocenters. The molecule has 0 unspecified atom stereocenters. The summed E-state index contributed by atoms with van der Waals surface area (Å²) in [7, 11) is 0. The van der Waals surface area contributed by atoms with E-state index < -0.39 is 0 Å². The number of amides is 1. The van der Waals surface area contributed by atoms with Crippen LogP contribution in [0.3, 0.4) is 0 Å². The molecule has 18 heavy (non-hydrogen) atoms. The molecule has 1 aliphatic heterocycles. The van der Waals surface area contributed by atoms with Crippen molar-refractivity contribution < 1.29 is 9.90 Å². The maximum absolute atomic E-state index is 12.4. The van der Waals surface area contributed by atoms with Gasteiger partial charge in [0.15, 0.2) is 0 Å². The van der Waals surface area contributed by atoms with Gasteiger partial charge in [0.2, 0.25) is 5.91 Å². The van der Waals surface area contributed by atoms with Gasteiger partial charge < -0.3 is 15.3 Å². The Bertz CT molecular complexity index is 246. The number of rotatable bonds is 7. The van der Waals surface area contributed by atoms with Crippen molar-refractivity contribution in [2.45, 2.75) is 52.0 Å². The average Bonchev–Trinajstić information content (AvgIpc) is 2.37. The first-order valence-corrected chi connectivity index (χ1v) is 7.32. The first kappa shape index (κ1) is 15.4. The average molecular weight is 256 g/mol. The number of unbranched alkanes of at least 4 members (excludes halogenated alkanes) is 2. The Labute approximate surface area is 111 Å². The Hall–Kier alpha value is -0.610. The summed E-state index contributed by atoms with van der Waals surface area (Å²) in [5.41, 5.74) is 0. The molecule has 4 heteroatoms. The summed E-state index contributed by atoms with van der Waals surface area (Å²) in [4.78, 5) is 14.3. The summed E-state index contributed by atoms with van der Waals surface area (Å²) in [6.07, 6.45) is 5.21. The van der Waals surface area contributed by atoms with Crippen molar-refractivity contribution in [3.63, 3.8) is 0 Å². The first-order valence-electron chi connectivity index (χ1n) is 7.32. The number of carbonyl (C=O) groups is 1. The third kappa shape index (κ3) is 4.94. The van der Waals surface area contributed by atoms with E-state index in [1.807, 2.05) is 4.90 Å². The summed E-state index contributed by atoms with van der Waals surface area (Å²) in [6, 6.07) is 0.430. The number of hydrogen-bond donors (Lipinski definition) is 2. The molecule has 0 aromatic carbocycles. The van der Waals surface area contributed by atoms with E-state index in [4.69, 9.17) is 5.11 Å². The van der Waals surface area contributed by atoms with Crippen molar-refractivity contribution in [3.05, 3.63) is 0 Å². The van der Waals surface area contributed by atoms with E-state index in [0.29, 0.717) is 12.6 Å². The standard InChI is InChI=1S/C14H28N2O2/c1-3-4-5-8-16(9-10-17)14(18)13-6-7-15-12(2)11-13/h12-13,15,17H,3-11H2,1-2H3/t12-,13-/m0/s1. The van der Waals surface area contributed by atoms with Gasteiger partial charge >= 0.3 is 0 Å². The largest absolute Gasteiger partial charge is 0.395 e. The molecule has 0 aromatic heterocycles. The van der Waals surface area contributed by atoms with Crippen molar-refractivity contribution in [1.29, 1.82) is 0 Å². The van der Waals surface area contributed by atoms with Gasteiger partial charge in [0.1, 0.15) is 0 Å². The number of hydrogen-bond acceptors (Lipinski definition) is 3. The number of aliphatic hydroxyl groups excluding tert-OH is 1. The zero-order chi connectivity index (χ0) is 13.4. The molecule has 1 aliphatic rings. The fourth-order valence-corrected chi connectivity index (χ4v) is 2.62. The van der Waals surface area contributed by atoms with Crippen LogP contribution in [0.2, 0.25) is 0 Å². The van der Waals surface area contributed by atoms with E-state index in [1.54, 1.807) is 0 Å². The number of aliphatic hydroxyl groups is 1. The molecule has 1 saturated heterocycles. The van der Waals surface area contributed by atoms with Crippen molar-refractivity contribution in [2.75, 3.05) is 26.2 Å². The highest BCUT2D eigenvalue weighted by Crippen LogP contribution is 2.19. The SMILES string of the molecule is CCCCCN(CCO)C(=O)[C@H]1CCN[C@@H](C)C1. The molecule has 1 heterocycles. The van der Waals surface area contributed by atoms with E-state index in [-0.39, 0.29) is 18.4 Å². The minimum Gasteiger partial charge on any atom is -0.395 e. The number of piperidine rings is 1. The Morgan fingerprint density at radius 2 is 2.17 bits per heavy atom. The number of nitrogens with zero attached hydrogens (tertiary/aromatic N) is 1. The van der Waals surface area contributed by atoms with Crippen LogP contribution >= 0.6 is 0 Å². The smallest absolute Gasteiger partial charge is 0.225 e. The van der Waals surface area contributed by atoms with Crippen LogP contribution in [0.1, 0.15) is 46.0 Å². The number of carbonyl (C=O) groups excluding carboxylic acids is 1. The normalized spacial score (nSPS) is 23.9. The van der Waals surface area contributed by atoms with Gasteiger partial charge in [-0.25, -0.2) is 0 Å². The van der Waals surface area contributed by atoms with Crippen LogP contribution in [0.15, 0.2) is 0 Å². The second-order valence-corrected chi connectivity index (χ2v) is 5.33. The third-order valence-electron chi connectivity index (χ3n) is 3.69. The van der Waals surface area contributed by atoms with Crippen LogP contribution < -0.4 is 5.32 Å². The lowest BCUT2D eigenvalue weighted by molar-refractivity contribution is -0.137. The molecular weight excluding hydrogens is 228 g/mol. The lowest BCUT2D eigenvalue weighted by atomic mass is 9.92. The maximum atomic E-state index is 12.4. The van der Waals surface area contributed by atoms with Crippen molar-refractivity contribution in [2.24, 2.45) is 5.92 Å². The van der Waals surface area contributed by atoms with Gasteiger partial charge in [-0.05, 0) is 32.7 Å². The van der Waals surface area contributed by atoms with Crippen LogP contribution in [0, 0.1) is 5.92 Å². The van der Waals surface area contributed by atoms with E-state index in [1.165, 1.54) is 0 Å². The van der Waals surface area contributed by atoms with Gasteiger partial charge in [-0.2, -0.15) is 0 Å². The van der Waals surface area contributed by atoms with Crippen LogP contribution in [-0.4, -0.2) is 48.2 Å². The summed E-state index contributed by atoms with van der Waals surface area (Å²) in [6.45, 7) is 6.57. The first-order chi connectivity index (χ1) is 8.69. The maximum Gasteiger partial charge on any atom is 0.225 e. The molecular formula is C14H28N2O2. The Morgan fingerprint density at radius 1 is 1.39 bits per heavy atom. The molecule has 0 aliphatic carbocycles. The predicted octanol–water partition coefficient (Wildman–Crippen LogP) is 1.39. The lowest BCUT2D eigenvalue weighted by Gasteiger charge is -2.32. The monoisotopic (exact) mass is 256 g/mol. The highest BCUT2D eigenvalue weighted by atomic mass is 16.3. The van der Waals surface area contributed by atoms with Crippen molar-refractivity contribution in [1.82, 2.24) is 10.2 Å². The second-order valence-electron chi connectivity index (χ2n) is 5.33. The van der Waals surface area contributed by atoms with Gasteiger partial charge in [0, 0.05) is 25.0 Å². The van der Waals surface area contributed by atoms with Crippen LogP contribution in [0.4, 0.5) is 0 Å². The van der Waals surface area contributed by atoms with Crippen molar-refractivity contribution in [3.8, 4) is 0 Å². The molecule has 1 rings (SSSR count). The highest BCUT2D eigenvalue weighted by Gasteiger charge is 2.27. The van der Waals surface area contributed by atoms with Crippen LogP contribution in [0.25, 0.3) is 0 Å². The van der Waals surface area contributed by atoms with Crippen LogP contribution in [-0.2, 0) is 4.79 Å². The zero-order valence-corrected chi connectivity index (χ0v) is 11.8. The molecule has 1 fully saturated rings. The van der Waals surface area contributed by atoms with Gasteiger partial charge in [-0.3, -0.25) is 4.79 Å². The fraction of sp³-hybridized carbons (Fsp3) is 0.929.